The molecule has 3 rings (SSSR count). The summed E-state index contributed by atoms with van der Waals surface area (Å²) in [6.07, 6.45) is 7.10. The highest BCUT2D eigenvalue weighted by atomic mass is 15.3. The normalized spacial score (nSPS) is 12.3. The molecule has 3 aromatic heterocycles. The van der Waals surface area contributed by atoms with Crippen molar-refractivity contribution in [1.82, 2.24) is 25.0 Å². The van der Waals surface area contributed by atoms with Crippen molar-refractivity contribution in [3.05, 3.63) is 54.7 Å². The van der Waals surface area contributed by atoms with Gasteiger partial charge in [0.15, 0.2) is 5.82 Å². The molecule has 3 aromatic rings. The standard InChI is InChI=1S/C13H14N6/c1-10(11-5-8-15-18-11)17-12-4-2-6-14-13(12)19-9-3-7-16-19/h2-10,17H,1H3,(H,15,18). The Morgan fingerprint density at radius 1 is 1.21 bits per heavy atom. The van der Waals surface area contributed by atoms with E-state index in [1.54, 1.807) is 23.3 Å². The molecular formula is C13H14N6. The van der Waals surface area contributed by atoms with E-state index < -0.39 is 0 Å². The summed E-state index contributed by atoms with van der Waals surface area (Å²) in [4.78, 5) is 4.37. The summed E-state index contributed by atoms with van der Waals surface area (Å²) in [5, 5.41) is 14.5. The maximum Gasteiger partial charge on any atom is 0.176 e. The molecule has 0 saturated heterocycles. The maximum absolute atomic E-state index is 4.37. The molecule has 6 nitrogen and oxygen atoms in total. The Morgan fingerprint density at radius 2 is 2.16 bits per heavy atom. The van der Waals surface area contributed by atoms with Gasteiger partial charge in [0.1, 0.15) is 0 Å². The van der Waals surface area contributed by atoms with Gasteiger partial charge in [-0.1, -0.05) is 0 Å². The highest BCUT2D eigenvalue weighted by Gasteiger charge is 2.11. The van der Waals surface area contributed by atoms with E-state index >= 15 is 0 Å². The molecule has 0 radical (unpaired) electrons. The number of rotatable bonds is 4. The third kappa shape index (κ3) is 2.33. The molecule has 0 aliphatic rings. The molecule has 0 spiro atoms. The number of anilines is 1. The zero-order chi connectivity index (χ0) is 13.1. The van der Waals surface area contributed by atoms with E-state index in [-0.39, 0.29) is 6.04 Å². The molecular weight excluding hydrogens is 240 g/mol. The Kier molecular flexibility index (Phi) is 2.97. The third-order valence-corrected chi connectivity index (χ3v) is 2.87. The molecule has 0 bridgehead atoms. The molecule has 19 heavy (non-hydrogen) atoms. The highest BCUT2D eigenvalue weighted by Crippen LogP contribution is 2.21. The van der Waals surface area contributed by atoms with Crippen LogP contribution in [0.4, 0.5) is 5.69 Å². The summed E-state index contributed by atoms with van der Waals surface area (Å²) in [5.41, 5.74) is 1.95. The van der Waals surface area contributed by atoms with Crippen molar-refractivity contribution < 1.29 is 0 Å². The summed E-state index contributed by atoms with van der Waals surface area (Å²) in [5.74, 6) is 0.777. The van der Waals surface area contributed by atoms with Crippen molar-refractivity contribution in [2.75, 3.05) is 5.32 Å². The van der Waals surface area contributed by atoms with Crippen molar-refractivity contribution in [2.45, 2.75) is 13.0 Å². The van der Waals surface area contributed by atoms with Crippen molar-refractivity contribution >= 4 is 5.69 Å². The first-order chi connectivity index (χ1) is 9.34. The average molecular weight is 254 g/mol. The Labute approximate surface area is 110 Å². The van der Waals surface area contributed by atoms with Crippen LogP contribution in [0.15, 0.2) is 49.1 Å². The van der Waals surface area contributed by atoms with Crippen molar-refractivity contribution in [3.63, 3.8) is 0 Å². The zero-order valence-corrected chi connectivity index (χ0v) is 10.5. The van der Waals surface area contributed by atoms with E-state index in [1.807, 2.05) is 30.5 Å². The number of pyridine rings is 1. The lowest BCUT2D eigenvalue weighted by Crippen LogP contribution is -2.11. The second-order valence-electron chi connectivity index (χ2n) is 4.20. The van der Waals surface area contributed by atoms with E-state index in [9.17, 15) is 0 Å². The van der Waals surface area contributed by atoms with Gasteiger partial charge in [-0.05, 0) is 31.2 Å². The number of aromatic amines is 1. The van der Waals surface area contributed by atoms with Crippen LogP contribution >= 0.6 is 0 Å². The molecule has 0 amide bonds. The topological polar surface area (TPSA) is 71.4 Å². The van der Waals surface area contributed by atoms with Gasteiger partial charge >= 0.3 is 0 Å². The average Bonchev–Trinajstić information content (AvgIpc) is 3.13. The van der Waals surface area contributed by atoms with Gasteiger partial charge < -0.3 is 5.32 Å². The molecule has 6 heteroatoms. The van der Waals surface area contributed by atoms with Gasteiger partial charge in [-0.2, -0.15) is 10.2 Å². The first-order valence-electron chi connectivity index (χ1n) is 6.05. The van der Waals surface area contributed by atoms with Gasteiger partial charge in [-0.3, -0.25) is 5.10 Å². The van der Waals surface area contributed by atoms with Crippen LogP contribution in [0.1, 0.15) is 18.7 Å². The molecule has 0 saturated carbocycles. The predicted octanol–water partition coefficient (Wildman–Crippen LogP) is 2.16. The van der Waals surface area contributed by atoms with Crippen molar-refractivity contribution in [1.29, 1.82) is 0 Å². The van der Waals surface area contributed by atoms with E-state index in [4.69, 9.17) is 0 Å². The van der Waals surface area contributed by atoms with Crippen LogP contribution in [0.5, 0.6) is 0 Å². The molecule has 1 atom stereocenters. The fourth-order valence-corrected chi connectivity index (χ4v) is 1.91. The third-order valence-electron chi connectivity index (χ3n) is 2.87. The Morgan fingerprint density at radius 3 is 2.89 bits per heavy atom. The second kappa shape index (κ2) is 4.93. The Hall–Kier alpha value is -2.63. The summed E-state index contributed by atoms with van der Waals surface area (Å²) < 4.78 is 1.74. The van der Waals surface area contributed by atoms with E-state index in [0.29, 0.717) is 0 Å². The van der Waals surface area contributed by atoms with Crippen LogP contribution in [0.25, 0.3) is 5.82 Å². The first kappa shape index (κ1) is 11.5. The van der Waals surface area contributed by atoms with Crippen LogP contribution in [-0.4, -0.2) is 25.0 Å². The number of hydrogen-bond donors (Lipinski definition) is 2. The molecule has 0 aliphatic carbocycles. The van der Waals surface area contributed by atoms with Crippen LogP contribution in [-0.2, 0) is 0 Å². The van der Waals surface area contributed by atoms with Crippen LogP contribution < -0.4 is 5.32 Å². The van der Waals surface area contributed by atoms with Crippen LogP contribution in [0, 0.1) is 0 Å². The summed E-state index contributed by atoms with van der Waals surface area (Å²) in [7, 11) is 0. The number of hydrogen-bond acceptors (Lipinski definition) is 4. The lowest BCUT2D eigenvalue weighted by molar-refractivity contribution is 0.806. The molecule has 96 valence electrons. The molecule has 2 N–H and O–H groups in total. The fourth-order valence-electron chi connectivity index (χ4n) is 1.91. The zero-order valence-electron chi connectivity index (χ0n) is 10.5. The van der Waals surface area contributed by atoms with Crippen LogP contribution in [0.3, 0.4) is 0 Å². The first-order valence-corrected chi connectivity index (χ1v) is 6.05. The molecule has 3 heterocycles. The van der Waals surface area contributed by atoms with Gasteiger partial charge in [-0.25, -0.2) is 9.67 Å². The molecule has 0 fully saturated rings. The summed E-state index contributed by atoms with van der Waals surface area (Å²) in [6.45, 7) is 2.06. The van der Waals surface area contributed by atoms with E-state index in [0.717, 1.165) is 17.2 Å². The minimum atomic E-state index is 0.112. The number of aromatic nitrogens is 5. The van der Waals surface area contributed by atoms with Crippen LogP contribution in [0.2, 0.25) is 0 Å². The molecule has 1 unspecified atom stereocenters. The van der Waals surface area contributed by atoms with Crippen molar-refractivity contribution in [3.8, 4) is 5.82 Å². The number of H-pyrrole nitrogens is 1. The smallest absolute Gasteiger partial charge is 0.176 e. The predicted molar refractivity (Wildman–Crippen MR) is 72.0 cm³/mol. The summed E-state index contributed by atoms with van der Waals surface area (Å²) >= 11 is 0. The van der Waals surface area contributed by atoms with Gasteiger partial charge in [0.05, 0.1) is 17.4 Å². The number of nitrogens with zero attached hydrogens (tertiary/aromatic N) is 4. The fraction of sp³-hybridized carbons (Fsp3) is 0.154. The Bertz CT molecular complexity index is 629. The van der Waals surface area contributed by atoms with Crippen molar-refractivity contribution in [2.24, 2.45) is 0 Å². The Balaban J connectivity index is 1.89. The van der Waals surface area contributed by atoms with Gasteiger partial charge in [-0.15, -0.1) is 0 Å². The maximum atomic E-state index is 4.37. The SMILES string of the molecule is CC(Nc1cccnc1-n1cccn1)c1ccn[nH]1. The minimum Gasteiger partial charge on any atom is -0.374 e. The molecule has 0 aromatic carbocycles. The molecule has 0 aliphatic heterocycles. The van der Waals surface area contributed by atoms with E-state index in [1.165, 1.54) is 0 Å². The summed E-state index contributed by atoms with van der Waals surface area (Å²) in [6, 6.07) is 7.81. The number of nitrogens with one attached hydrogen (secondary N) is 2. The quantitative estimate of drug-likeness (QED) is 0.748. The lowest BCUT2D eigenvalue weighted by Gasteiger charge is -2.16. The lowest BCUT2D eigenvalue weighted by atomic mass is 10.2. The van der Waals surface area contributed by atoms with E-state index in [2.05, 4.69) is 32.5 Å². The highest BCUT2D eigenvalue weighted by molar-refractivity contribution is 5.57. The van der Waals surface area contributed by atoms with Gasteiger partial charge in [0, 0.05) is 24.8 Å². The minimum absolute atomic E-state index is 0.112. The monoisotopic (exact) mass is 254 g/mol. The van der Waals surface area contributed by atoms with Gasteiger partial charge in [0.25, 0.3) is 0 Å². The largest absolute Gasteiger partial charge is 0.374 e. The second-order valence-corrected chi connectivity index (χ2v) is 4.20. The van der Waals surface area contributed by atoms with Gasteiger partial charge in [0.2, 0.25) is 0 Å².